The molecule has 3 rings (SSSR count). The normalized spacial score (nSPS) is 15.3. The summed E-state index contributed by atoms with van der Waals surface area (Å²) in [5.41, 5.74) is -1.01. The SMILES string of the molecule is Cc1c(C(=O)Nc2ccccc2C(=O)NCC2CCCO2)cc([N+](=O)[O-])cc1[N+](=O)[O-]. The lowest BCUT2D eigenvalue weighted by atomic mass is 10.0. The maximum atomic E-state index is 12.8. The molecule has 1 atom stereocenters. The van der Waals surface area contributed by atoms with Crippen LogP contribution in [0.4, 0.5) is 17.1 Å². The predicted molar refractivity (Wildman–Crippen MR) is 110 cm³/mol. The number of anilines is 1. The molecule has 2 amide bonds. The molecular weight excluding hydrogens is 408 g/mol. The Labute approximate surface area is 176 Å². The van der Waals surface area contributed by atoms with Crippen molar-refractivity contribution >= 4 is 28.9 Å². The number of nitrogens with zero attached hydrogens (tertiary/aromatic N) is 2. The quantitative estimate of drug-likeness (QED) is 0.507. The number of nitro groups is 2. The molecule has 1 aliphatic rings. The zero-order valence-electron chi connectivity index (χ0n) is 16.6. The molecule has 2 N–H and O–H groups in total. The van der Waals surface area contributed by atoms with Crippen LogP contribution in [-0.4, -0.2) is 40.9 Å². The van der Waals surface area contributed by atoms with Crippen molar-refractivity contribution in [1.82, 2.24) is 5.32 Å². The van der Waals surface area contributed by atoms with E-state index in [-0.39, 0.29) is 28.5 Å². The zero-order chi connectivity index (χ0) is 22.5. The maximum Gasteiger partial charge on any atom is 0.279 e. The molecule has 31 heavy (non-hydrogen) atoms. The second kappa shape index (κ2) is 9.30. The third-order valence-corrected chi connectivity index (χ3v) is 4.95. The van der Waals surface area contributed by atoms with Crippen LogP contribution in [0.3, 0.4) is 0 Å². The number of benzene rings is 2. The fourth-order valence-corrected chi connectivity index (χ4v) is 3.30. The topological polar surface area (TPSA) is 154 Å². The Kier molecular flexibility index (Phi) is 6.55. The highest BCUT2D eigenvalue weighted by molar-refractivity contribution is 6.10. The highest BCUT2D eigenvalue weighted by atomic mass is 16.6. The van der Waals surface area contributed by atoms with E-state index in [9.17, 15) is 29.8 Å². The van der Waals surface area contributed by atoms with E-state index in [2.05, 4.69) is 10.6 Å². The van der Waals surface area contributed by atoms with Crippen LogP contribution in [0.1, 0.15) is 39.1 Å². The van der Waals surface area contributed by atoms with Crippen molar-refractivity contribution < 1.29 is 24.2 Å². The molecule has 162 valence electrons. The Morgan fingerprint density at radius 1 is 1.10 bits per heavy atom. The van der Waals surface area contributed by atoms with Crippen molar-refractivity contribution in [3.63, 3.8) is 0 Å². The van der Waals surface area contributed by atoms with Gasteiger partial charge < -0.3 is 15.4 Å². The number of nitrogens with one attached hydrogen (secondary N) is 2. The number of rotatable bonds is 7. The number of amides is 2. The van der Waals surface area contributed by atoms with Gasteiger partial charge in [0.25, 0.3) is 23.2 Å². The molecule has 1 aliphatic heterocycles. The van der Waals surface area contributed by atoms with Crippen molar-refractivity contribution in [2.75, 3.05) is 18.5 Å². The van der Waals surface area contributed by atoms with Crippen LogP contribution < -0.4 is 10.6 Å². The molecule has 11 heteroatoms. The second-order valence-electron chi connectivity index (χ2n) is 7.00. The number of para-hydroxylation sites is 1. The molecule has 0 radical (unpaired) electrons. The average molecular weight is 428 g/mol. The van der Waals surface area contributed by atoms with Crippen LogP contribution >= 0.6 is 0 Å². The van der Waals surface area contributed by atoms with Crippen LogP contribution in [0.25, 0.3) is 0 Å². The molecule has 11 nitrogen and oxygen atoms in total. The first-order chi connectivity index (χ1) is 14.8. The van der Waals surface area contributed by atoms with Crippen LogP contribution in [0.5, 0.6) is 0 Å². The highest BCUT2D eigenvalue weighted by Crippen LogP contribution is 2.29. The van der Waals surface area contributed by atoms with Gasteiger partial charge in [-0.3, -0.25) is 29.8 Å². The van der Waals surface area contributed by atoms with E-state index in [1.54, 1.807) is 12.1 Å². The van der Waals surface area contributed by atoms with E-state index in [1.807, 2.05) is 0 Å². The largest absolute Gasteiger partial charge is 0.376 e. The zero-order valence-corrected chi connectivity index (χ0v) is 16.6. The third-order valence-electron chi connectivity index (χ3n) is 4.95. The Hall–Kier alpha value is -3.86. The number of nitro benzene ring substituents is 2. The standard InChI is InChI=1S/C20H20N4O7/c1-12-16(9-13(23(27)28)10-18(12)24(29)30)20(26)22-17-7-3-2-6-15(17)19(25)21-11-14-5-4-8-31-14/h2-3,6-7,9-10,14H,4-5,8,11H2,1H3,(H,21,25)(H,22,26). The summed E-state index contributed by atoms with van der Waals surface area (Å²) >= 11 is 0. The molecule has 2 aromatic carbocycles. The summed E-state index contributed by atoms with van der Waals surface area (Å²) in [4.78, 5) is 46.2. The minimum atomic E-state index is -0.810. The summed E-state index contributed by atoms with van der Waals surface area (Å²) in [7, 11) is 0. The van der Waals surface area contributed by atoms with Crippen LogP contribution in [0, 0.1) is 27.2 Å². The van der Waals surface area contributed by atoms with Gasteiger partial charge in [-0.05, 0) is 31.9 Å². The Morgan fingerprint density at radius 3 is 2.48 bits per heavy atom. The summed E-state index contributed by atoms with van der Waals surface area (Å²) in [5, 5.41) is 27.7. The lowest BCUT2D eigenvalue weighted by Gasteiger charge is -2.14. The van der Waals surface area contributed by atoms with Crippen LogP contribution in [0.15, 0.2) is 36.4 Å². The highest BCUT2D eigenvalue weighted by Gasteiger charge is 2.25. The van der Waals surface area contributed by atoms with Crippen molar-refractivity contribution in [3.05, 3.63) is 73.3 Å². The van der Waals surface area contributed by atoms with Crippen molar-refractivity contribution in [2.24, 2.45) is 0 Å². The van der Waals surface area contributed by atoms with Crippen molar-refractivity contribution in [1.29, 1.82) is 0 Å². The fourth-order valence-electron chi connectivity index (χ4n) is 3.30. The van der Waals surface area contributed by atoms with Gasteiger partial charge in [0.2, 0.25) is 0 Å². The number of ether oxygens (including phenoxy) is 1. The van der Waals surface area contributed by atoms with Gasteiger partial charge in [0.15, 0.2) is 0 Å². The lowest BCUT2D eigenvalue weighted by Crippen LogP contribution is -2.32. The van der Waals surface area contributed by atoms with Gasteiger partial charge in [0.05, 0.1) is 38.8 Å². The summed E-state index contributed by atoms with van der Waals surface area (Å²) < 4.78 is 5.47. The number of hydrogen-bond acceptors (Lipinski definition) is 7. The Balaban J connectivity index is 1.85. The monoisotopic (exact) mass is 428 g/mol. The molecule has 1 heterocycles. The number of carbonyl (C=O) groups is 2. The summed E-state index contributed by atoms with van der Waals surface area (Å²) in [6, 6.07) is 8.02. The third kappa shape index (κ3) is 5.01. The predicted octanol–water partition coefficient (Wildman–Crippen LogP) is 2.97. The van der Waals surface area contributed by atoms with E-state index in [0.29, 0.717) is 13.2 Å². The molecule has 1 saturated heterocycles. The van der Waals surface area contributed by atoms with Gasteiger partial charge in [-0.2, -0.15) is 0 Å². The van der Waals surface area contributed by atoms with Gasteiger partial charge in [0.1, 0.15) is 0 Å². The molecule has 1 fully saturated rings. The maximum absolute atomic E-state index is 12.8. The molecule has 0 bridgehead atoms. The van der Waals surface area contributed by atoms with Gasteiger partial charge in [-0.25, -0.2) is 0 Å². The Morgan fingerprint density at radius 2 is 1.84 bits per heavy atom. The first kappa shape index (κ1) is 21.8. The van der Waals surface area contributed by atoms with E-state index in [0.717, 1.165) is 25.0 Å². The summed E-state index contributed by atoms with van der Waals surface area (Å²) in [5.74, 6) is -1.23. The fraction of sp³-hybridized carbons (Fsp3) is 0.300. The van der Waals surface area contributed by atoms with E-state index < -0.39 is 33.0 Å². The average Bonchev–Trinajstić information content (AvgIpc) is 3.25. The van der Waals surface area contributed by atoms with E-state index in [1.165, 1.54) is 19.1 Å². The molecule has 0 aliphatic carbocycles. The minimum Gasteiger partial charge on any atom is -0.376 e. The molecule has 1 unspecified atom stereocenters. The van der Waals surface area contributed by atoms with Crippen molar-refractivity contribution in [3.8, 4) is 0 Å². The van der Waals surface area contributed by atoms with Gasteiger partial charge >= 0.3 is 0 Å². The molecule has 2 aromatic rings. The van der Waals surface area contributed by atoms with Gasteiger partial charge in [-0.1, -0.05) is 12.1 Å². The molecule has 0 spiro atoms. The molecule has 0 saturated carbocycles. The lowest BCUT2D eigenvalue weighted by molar-refractivity contribution is -0.394. The first-order valence-corrected chi connectivity index (χ1v) is 9.51. The number of hydrogen-bond donors (Lipinski definition) is 2. The second-order valence-corrected chi connectivity index (χ2v) is 7.00. The van der Waals surface area contributed by atoms with Crippen LogP contribution in [-0.2, 0) is 4.74 Å². The summed E-state index contributed by atoms with van der Waals surface area (Å²) in [6.45, 7) is 2.32. The Bertz CT molecular complexity index is 1050. The number of carbonyl (C=O) groups excluding carboxylic acids is 2. The summed E-state index contributed by atoms with van der Waals surface area (Å²) in [6.07, 6.45) is 1.73. The smallest absolute Gasteiger partial charge is 0.279 e. The minimum absolute atomic E-state index is 0.0200. The number of non-ortho nitro benzene ring substituents is 1. The van der Waals surface area contributed by atoms with E-state index in [4.69, 9.17) is 4.74 Å². The molecule has 0 aromatic heterocycles. The van der Waals surface area contributed by atoms with Crippen LogP contribution in [0.2, 0.25) is 0 Å². The molecular formula is C20H20N4O7. The van der Waals surface area contributed by atoms with E-state index >= 15 is 0 Å². The first-order valence-electron chi connectivity index (χ1n) is 9.51. The van der Waals surface area contributed by atoms with Gasteiger partial charge in [0, 0.05) is 24.8 Å². The van der Waals surface area contributed by atoms with Crippen molar-refractivity contribution in [2.45, 2.75) is 25.9 Å². The van der Waals surface area contributed by atoms with Gasteiger partial charge in [-0.15, -0.1) is 0 Å².